The maximum atomic E-state index is 8.70. The smallest absolute Gasteiger partial charge is 0.115 e. The van der Waals surface area contributed by atoms with E-state index in [1.165, 1.54) is 0 Å². The quantitative estimate of drug-likeness (QED) is 0.700. The van der Waals surface area contributed by atoms with Crippen molar-refractivity contribution < 1.29 is 0 Å². The molecule has 4 nitrogen and oxygen atoms in total. The Bertz CT molecular complexity index is 247. The molecule has 0 saturated heterocycles. The van der Waals surface area contributed by atoms with Crippen LogP contribution < -0.4 is 5.32 Å². The monoisotopic (exact) mass is 164 g/mol. The largest absolute Gasteiger partial charge is 0.301 e. The van der Waals surface area contributed by atoms with Gasteiger partial charge in [0.05, 0.1) is 12.6 Å². The van der Waals surface area contributed by atoms with Crippen LogP contribution in [-0.4, -0.2) is 22.4 Å². The van der Waals surface area contributed by atoms with Gasteiger partial charge in [-0.2, -0.15) is 10.4 Å². The molecule has 0 aliphatic carbocycles. The number of aromatic nitrogens is 2. The Morgan fingerprint density at radius 1 is 1.75 bits per heavy atom. The lowest BCUT2D eigenvalue weighted by Gasteiger charge is -2.08. The van der Waals surface area contributed by atoms with Gasteiger partial charge < -0.3 is 5.32 Å². The lowest BCUT2D eigenvalue weighted by atomic mass is 10.3. The van der Waals surface area contributed by atoms with Crippen LogP contribution in [0.25, 0.3) is 0 Å². The molecular weight excluding hydrogens is 152 g/mol. The van der Waals surface area contributed by atoms with Crippen molar-refractivity contribution >= 4 is 0 Å². The molecule has 0 fully saturated rings. The van der Waals surface area contributed by atoms with E-state index in [-0.39, 0.29) is 6.04 Å². The van der Waals surface area contributed by atoms with E-state index in [1.54, 1.807) is 10.9 Å². The minimum atomic E-state index is -0.144. The van der Waals surface area contributed by atoms with Crippen LogP contribution in [0, 0.1) is 11.3 Å². The van der Waals surface area contributed by atoms with Gasteiger partial charge in [-0.1, -0.05) is 6.92 Å². The normalized spacial score (nSPS) is 12.3. The molecule has 0 spiro atoms. The van der Waals surface area contributed by atoms with E-state index in [0.717, 1.165) is 6.54 Å². The van der Waals surface area contributed by atoms with Crippen LogP contribution in [0.3, 0.4) is 0 Å². The molecule has 0 bridgehead atoms. The van der Waals surface area contributed by atoms with Crippen LogP contribution >= 0.6 is 0 Å². The third kappa shape index (κ3) is 2.36. The zero-order valence-corrected chi connectivity index (χ0v) is 7.07. The standard InChI is InChI=1S/C8H12N4/c1-2-10-8(6-9)7-12-5-3-4-11-12/h3-5,8,10H,2,7H2,1H3. The van der Waals surface area contributed by atoms with Gasteiger partial charge in [0, 0.05) is 12.4 Å². The van der Waals surface area contributed by atoms with Crippen LogP contribution in [0.5, 0.6) is 0 Å². The summed E-state index contributed by atoms with van der Waals surface area (Å²) in [5.41, 5.74) is 0. The van der Waals surface area contributed by atoms with E-state index in [0.29, 0.717) is 6.54 Å². The fourth-order valence-electron chi connectivity index (χ4n) is 0.993. The molecule has 0 aliphatic heterocycles. The molecule has 0 aliphatic rings. The van der Waals surface area contributed by atoms with Gasteiger partial charge in [-0.25, -0.2) is 0 Å². The average molecular weight is 164 g/mol. The van der Waals surface area contributed by atoms with Crippen LogP contribution in [0.2, 0.25) is 0 Å². The first-order valence-electron chi connectivity index (χ1n) is 3.97. The summed E-state index contributed by atoms with van der Waals surface area (Å²) in [6, 6.07) is 3.87. The maximum Gasteiger partial charge on any atom is 0.115 e. The fraction of sp³-hybridized carbons (Fsp3) is 0.500. The second kappa shape index (κ2) is 4.52. The summed E-state index contributed by atoms with van der Waals surface area (Å²) in [4.78, 5) is 0. The molecule has 1 aromatic rings. The third-order valence-corrected chi connectivity index (χ3v) is 1.54. The molecule has 1 aromatic heterocycles. The molecule has 1 heterocycles. The van der Waals surface area contributed by atoms with Crippen molar-refractivity contribution in [3.05, 3.63) is 18.5 Å². The Hall–Kier alpha value is -1.34. The molecule has 12 heavy (non-hydrogen) atoms. The van der Waals surface area contributed by atoms with E-state index < -0.39 is 0 Å². The predicted octanol–water partition coefficient (Wildman–Crippen LogP) is 0.385. The predicted molar refractivity (Wildman–Crippen MR) is 45.3 cm³/mol. The molecule has 0 radical (unpaired) electrons. The van der Waals surface area contributed by atoms with Gasteiger partial charge in [-0.15, -0.1) is 0 Å². The molecule has 1 atom stereocenters. The van der Waals surface area contributed by atoms with Gasteiger partial charge in [0.1, 0.15) is 6.04 Å². The highest BCUT2D eigenvalue weighted by atomic mass is 15.3. The van der Waals surface area contributed by atoms with Crippen molar-refractivity contribution in [1.82, 2.24) is 15.1 Å². The van der Waals surface area contributed by atoms with Crippen LogP contribution in [-0.2, 0) is 6.54 Å². The van der Waals surface area contributed by atoms with Gasteiger partial charge in [0.15, 0.2) is 0 Å². The van der Waals surface area contributed by atoms with Gasteiger partial charge in [0.25, 0.3) is 0 Å². The first-order valence-corrected chi connectivity index (χ1v) is 3.97. The second-order valence-corrected chi connectivity index (χ2v) is 2.47. The van der Waals surface area contributed by atoms with E-state index >= 15 is 0 Å². The SMILES string of the molecule is CCNC(C#N)Cn1cccn1. The number of nitrogens with zero attached hydrogens (tertiary/aromatic N) is 3. The fourth-order valence-corrected chi connectivity index (χ4v) is 0.993. The van der Waals surface area contributed by atoms with Gasteiger partial charge in [-0.3, -0.25) is 4.68 Å². The van der Waals surface area contributed by atoms with Crippen molar-refractivity contribution in [1.29, 1.82) is 5.26 Å². The number of likely N-dealkylation sites (N-methyl/N-ethyl adjacent to an activating group) is 1. The summed E-state index contributed by atoms with van der Waals surface area (Å²) in [5, 5.41) is 15.8. The first-order chi connectivity index (χ1) is 5.86. The van der Waals surface area contributed by atoms with Crippen molar-refractivity contribution in [3.63, 3.8) is 0 Å². The van der Waals surface area contributed by atoms with Crippen LogP contribution in [0.4, 0.5) is 0 Å². The van der Waals surface area contributed by atoms with E-state index in [2.05, 4.69) is 16.5 Å². The minimum Gasteiger partial charge on any atom is -0.301 e. The Labute approximate surface area is 71.8 Å². The summed E-state index contributed by atoms with van der Waals surface area (Å²) in [6.07, 6.45) is 3.56. The first kappa shape index (κ1) is 8.75. The Balaban J connectivity index is 2.44. The zero-order chi connectivity index (χ0) is 8.81. The summed E-state index contributed by atoms with van der Waals surface area (Å²) in [5.74, 6) is 0. The van der Waals surface area contributed by atoms with Crippen molar-refractivity contribution in [2.24, 2.45) is 0 Å². The summed E-state index contributed by atoms with van der Waals surface area (Å²) in [7, 11) is 0. The minimum absolute atomic E-state index is 0.144. The van der Waals surface area contributed by atoms with Crippen molar-refractivity contribution in [3.8, 4) is 6.07 Å². The number of nitrogens with one attached hydrogen (secondary N) is 1. The molecule has 0 amide bonds. The zero-order valence-electron chi connectivity index (χ0n) is 7.07. The van der Waals surface area contributed by atoms with E-state index in [9.17, 15) is 0 Å². The maximum absolute atomic E-state index is 8.70. The molecule has 1 unspecified atom stereocenters. The third-order valence-electron chi connectivity index (χ3n) is 1.54. The lowest BCUT2D eigenvalue weighted by Crippen LogP contribution is -2.31. The highest BCUT2D eigenvalue weighted by Crippen LogP contribution is 1.89. The molecule has 64 valence electrons. The topological polar surface area (TPSA) is 53.6 Å². The van der Waals surface area contributed by atoms with Crippen LogP contribution in [0.1, 0.15) is 6.92 Å². The highest BCUT2D eigenvalue weighted by Gasteiger charge is 2.04. The molecule has 0 saturated carbocycles. The summed E-state index contributed by atoms with van der Waals surface area (Å²) >= 11 is 0. The van der Waals surface area contributed by atoms with E-state index in [1.807, 2.05) is 19.2 Å². The number of nitriles is 1. The van der Waals surface area contributed by atoms with Crippen molar-refractivity contribution in [2.45, 2.75) is 19.5 Å². The Morgan fingerprint density at radius 3 is 3.08 bits per heavy atom. The lowest BCUT2D eigenvalue weighted by molar-refractivity contribution is 0.501. The van der Waals surface area contributed by atoms with E-state index in [4.69, 9.17) is 5.26 Å². The summed E-state index contributed by atoms with van der Waals surface area (Å²) in [6.45, 7) is 3.39. The van der Waals surface area contributed by atoms with Gasteiger partial charge in [-0.05, 0) is 12.6 Å². The highest BCUT2D eigenvalue weighted by molar-refractivity contribution is 4.90. The van der Waals surface area contributed by atoms with Crippen LogP contribution in [0.15, 0.2) is 18.5 Å². The Morgan fingerprint density at radius 2 is 2.58 bits per heavy atom. The summed E-state index contributed by atoms with van der Waals surface area (Å²) < 4.78 is 1.75. The molecule has 0 aromatic carbocycles. The molecule has 1 rings (SSSR count). The molecule has 1 N–H and O–H groups in total. The Kier molecular flexibility index (Phi) is 3.30. The molecular formula is C8H12N4. The van der Waals surface area contributed by atoms with Gasteiger partial charge >= 0.3 is 0 Å². The van der Waals surface area contributed by atoms with Crippen molar-refractivity contribution in [2.75, 3.05) is 6.54 Å². The van der Waals surface area contributed by atoms with Gasteiger partial charge in [0.2, 0.25) is 0 Å². The molecule has 4 heteroatoms. The number of rotatable bonds is 4. The second-order valence-electron chi connectivity index (χ2n) is 2.47. The number of hydrogen-bond acceptors (Lipinski definition) is 3. The average Bonchev–Trinajstić information content (AvgIpc) is 2.56. The number of hydrogen-bond donors (Lipinski definition) is 1.